The van der Waals surface area contributed by atoms with Crippen LogP contribution in [0.25, 0.3) is 10.1 Å². The van der Waals surface area contributed by atoms with E-state index in [0.717, 1.165) is 27.3 Å². The van der Waals surface area contributed by atoms with Gasteiger partial charge in [-0.3, -0.25) is 0 Å². The van der Waals surface area contributed by atoms with Gasteiger partial charge in [0.05, 0.1) is 11.8 Å². The summed E-state index contributed by atoms with van der Waals surface area (Å²) in [5.41, 5.74) is 0. The molecule has 2 heterocycles. The molecule has 2 nitrogen and oxygen atoms in total. The molecule has 5 heteroatoms. The molecule has 0 bridgehead atoms. The minimum Gasteiger partial charge on any atom is -0.465 e. The lowest BCUT2D eigenvalue weighted by Crippen LogP contribution is -2.00. The summed E-state index contributed by atoms with van der Waals surface area (Å²) in [5.74, 6) is -0.998. The SMILES string of the molecule is CCc1sc(CC)c2c(F)c(C(=O)OC)sc12. The maximum atomic E-state index is 14.2. The van der Waals surface area contributed by atoms with E-state index in [1.807, 2.05) is 13.8 Å². The highest BCUT2D eigenvalue weighted by molar-refractivity contribution is 7.25. The van der Waals surface area contributed by atoms with Gasteiger partial charge in [0.25, 0.3) is 0 Å². The summed E-state index contributed by atoms with van der Waals surface area (Å²) < 4.78 is 19.7. The summed E-state index contributed by atoms with van der Waals surface area (Å²) in [6.07, 6.45) is 1.65. The van der Waals surface area contributed by atoms with Gasteiger partial charge < -0.3 is 4.74 Å². The van der Waals surface area contributed by atoms with Gasteiger partial charge >= 0.3 is 5.97 Å². The molecule has 0 spiro atoms. The predicted molar refractivity (Wildman–Crippen MR) is 69.8 cm³/mol. The zero-order valence-corrected chi connectivity index (χ0v) is 11.6. The zero-order chi connectivity index (χ0) is 12.6. The van der Waals surface area contributed by atoms with Gasteiger partial charge in [-0.15, -0.1) is 22.7 Å². The Balaban J connectivity index is 2.72. The molecule has 0 aliphatic rings. The number of carbonyl (C=O) groups excluding carboxylic acids is 1. The number of hydrogen-bond donors (Lipinski definition) is 0. The fraction of sp³-hybridized carbons (Fsp3) is 0.417. The fourth-order valence-electron chi connectivity index (χ4n) is 1.81. The topological polar surface area (TPSA) is 26.3 Å². The van der Waals surface area contributed by atoms with E-state index in [2.05, 4.69) is 4.74 Å². The van der Waals surface area contributed by atoms with Crippen LogP contribution in [0, 0.1) is 5.82 Å². The Morgan fingerprint density at radius 1 is 1.24 bits per heavy atom. The molecule has 0 aliphatic heterocycles. The Labute approximate surface area is 107 Å². The van der Waals surface area contributed by atoms with Crippen LogP contribution in [-0.4, -0.2) is 13.1 Å². The third-order valence-corrected chi connectivity index (χ3v) is 5.45. The molecule has 2 rings (SSSR count). The first-order valence-corrected chi connectivity index (χ1v) is 7.08. The Morgan fingerprint density at radius 3 is 2.41 bits per heavy atom. The number of fused-ring (bicyclic) bond motifs is 1. The molecule has 0 atom stereocenters. The zero-order valence-electron chi connectivity index (χ0n) is 9.93. The Kier molecular flexibility index (Phi) is 3.49. The third-order valence-electron chi connectivity index (χ3n) is 2.64. The van der Waals surface area contributed by atoms with Gasteiger partial charge in [-0.2, -0.15) is 0 Å². The van der Waals surface area contributed by atoms with Crippen LogP contribution in [0.2, 0.25) is 0 Å². The molecule has 0 radical (unpaired) electrons. The first-order chi connectivity index (χ1) is 8.13. The van der Waals surface area contributed by atoms with Crippen LogP contribution in [0.4, 0.5) is 4.39 Å². The molecule has 2 aromatic heterocycles. The monoisotopic (exact) mass is 272 g/mol. The highest BCUT2D eigenvalue weighted by Crippen LogP contribution is 2.41. The molecule has 0 amide bonds. The number of rotatable bonds is 3. The highest BCUT2D eigenvalue weighted by atomic mass is 32.1. The molecular formula is C12H13FO2S2. The molecule has 0 unspecified atom stereocenters. The number of halogens is 1. The van der Waals surface area contributed by atoms with Gasteiger partial charge in [-0.05, 0) is 12.8 Å². The fourth-order valence-corrected chi connectivity index (χ4v) is 4.33. The third kappa shape index (κ3) is 1.87. The lowest BCUT2D eigenvalue weighted by Gasteiger charge is -1.95. The van der Waals surface area contributed by atoms with E-state index in [1.165, 1.54) is 18.4 Å². The van der Waals surface area contributed by atoms with Crippen molar-refractivity contribution in [3.8, 4) is 0 Å². The van der Waals surface area contributed by atoms with E-state index in [9.17, 15) is 9.18 Å². The normalized spacial score (nSPS) is 11.1. The number of thiophene rings is 2. The van der Waals surface area contributed by atoms with E-state index in [4.69, 9.17) is 0 Å². The van der Waals surface area contributed by atoms with E-state index in [-0.39, 0.29) is 4.88 Å². The Hall–Kier alpha value is -0.940. The Morgan fingerprint density at radius 2 is 1.88 bits per heavy atom. The van der Waals surface area contributed by atoms with Crippen LogP contribution in [0.3, 0.4) is 0 Å². The lowest BCUT2D eigenvalue weighted by molar-refractivity contribution is 0.0602. The standard InChI is InChI=1S/C12H13FO2S2/c1-4-6-8-9(13)11(12(14)15-3)17-10(8)7(5-2)16-6/h4-5H2,1-3H3. The average Bonchev–Trinajstić information content (AvgIpc) is 2.86. The van der Waals surface area contributed by atoms with Gasteiger partial charge in [0.2, 0.25) is 0 Å². The number of hydrogen-bond acceptors (Lipinski definition) is 4. The second kappa shape index (κ2) is 4.74. The van der Waals surface area contributed by atoms with Crippen LogP contribution in [0.15, 0.2) is 0 Å². The molecular weight excluding hydrogens is 259 g/mol. The number of carbonyl (C=O) groups is 1. The minimum absolute atomic E-state index is 0.0923. The maximum Gasteiger partial charge on any atom is 0.351 e. The first kappa shape index (κ1) is 12.5. The van der Waals surface area contributed by atoms with Crippen molar-refractivity contribution in [1.29, 1.82) is 0 Å². The maximum absolute atomic E-state index is 14.2. The number of ether oxygens (including phenoxy) is 1. The van der Waals surface area contributed by atoms with Crippen molar-refractivity contribution in [1.82, 2.24) is 0 Å². The van der Waals surface area contributed by atoms with Crippen molar-refractivity contribution in [2.75, 3.05) is 7.11 Å². The molecule has 0 aliphatic carbocycles. The summed E-state index contributed by atoms with van der Waals surface area (Å²) >= 11 is 2.84. The average molecular weight is 272 g/mol. The predicted octanol–water partition coefficient (Wildman–Crippen LogP) is 4.01. The van der Waals surface area contributed by atoms with Crippen LogP contribution in [0.5, 0.6) is 0 Å². The van der Waals surface area contributed by atoms with Crippen molar-refractivity contribution in [2.24, 2.45) is 0 Å². The second-order valence-electron chi connectivity index (χ2n) is 3.60. The highest BCUT2D eigenvalue weighted by Gasteiger charge is 2.24. The van der Waals surface area contributed by atoms with Crippen LogP contribution in [0.1, 0.15) is 33.3 Å². The summed E-state index contributed by atoms with van der Waals surface area (Å²) in [5, 5.41) is 0.625. The second-order valence-corrected chi connectivity index (χ2v) is 5.81. The first-order valence-electron chi connectivity index (χ1n) is 5.44. The van der Waals surface area contributed by atoms with Crippen LogP contribution < -0.4 is 0 Å². The van der Waals surface area contributed by atoms with Crippen molar-refractivity contribution < 1.29 is 13.9 Å². The molecule has 17 heavy (non-hydrogen) atoms. The largest absolute Gasteiger partial charge is 0.465 e. The van der Waals surface area contributed by atoms with Crippen molar-refractivity contribution in [3.05, 3.63) is 20.4 Å². The molecule has 0 saturated carbocycles. The number of aryl methyl sites for hydroxylation is 2. The van der Waals surface area contributed by atoms with E-state index in [0.29, 0.717) is 5.39 Å². The minimum atomic E-state index is -0.585. The molecule has 0 N–H and O–H groups in total. The van der Waals surface area contributed by atoms with E-state index in [1.54, 1.807) is 11.3 Å². The van der Waals surface area contributed by atoms with Crippen molar-refractivity contribution in [2.45, 2.75) is 26.7 Å². The van der Waals surface area contributed by atoms with Gasteiger partial charge in [0, 0.05) is 15.1 Å². The number of esters is 1. The quantitative estimate of drug-likeness (QED) is 0.789. The van der Waals surface area contributed by atoms with Crippen molar-refractivity contribution in [3.63, 3.8) is 0 Å². The smallest absolute Gasteiger partial charge is 0.351 e. The van der Waals surface area contributed by atoms with Gasteiger partial charge in [0.15, 0.2) is 5.82 Å². The molecule has 0 saturated heterocycles. The molecule has 0 aromatic carbocycles. The summed E-state index contributed by atoms with van der Waals surface area (Å²) in [6, 6.07) is 0. The number of methoxy groups -OCH3 is 1. The molecule has 0 fully saturated rings. The summed E-state index contributed by atoms with van der Waals surface area (Å²) in [4.78, 5) is 13.7. The van der Waals surface area contributed by atoms with Gasteiger partial charge in [-0.25, -0.2) is 9.18 Å². The van der Waals surface area contributed by atoms with E-state index >= 15 is 0 Å². The van der Waals surface area contributed by atoms with Crippen molar-refractivity contribution >= 4 is 38.7 Å². The van der Waals surface area contributed by atoms with Gasteiger partial charge in [0.1, 0.15) is 4.88 Å². The lowest BCUT2D eigenvalue weighted by atomic mass is 10.2. The summed E-state index contributed by atoms with van der Waals surface area (Å²) in [7, 11) is 1.27. The Bertz CT molecular complexity index is 569. The van der Waals surface area contributed by atoms with Gasteiger partial charge in [-0.1, -0.05) is 13.8 Å². The molecule has 92 valence electrons. The van der Waals surface area contributed by atoms with E-state index < -0.39 is 11.8 Å². The van der Waals surface area contributed by atoms with Crippen LogP contribution >= 0.6 is 22.7 Å². The summed E-state index contributed by atoms with van der Waals surface area (Å²) in [6.45, 7) is 4.04. The molecule has 2 aromatic rings. The van der Waals surface area contributed by atoms with Crippen LogP contribution in [-0.2, 0) is 17.6 Å².